The molecule has 0 atom stereocenters. The molecule has 0 radical (unpaired) electrons. The number of guanidine groups is 1. The van der Waals surface area contributed by atoms with Gasteiger partial charge in [-0.2, -0.15) is 5.10 Å². The standard InChI is InChI=1S/C13H21N7/c1-14-13(16-6-8-20-11-15-10-17-20)19(3)9-12-5-4-7-18(12)2/h4-5,7,10-11H,6,8-9H2,1-3H3,(H,14,16). The van der Waals surface area contributed by atoms with Crippen LogP contribution in [0, 0.1) is 0 Å². The number of nitrogens with zero attached hydrogens (tertiary/aromatic N) is 6. The summed E-state index contributed by atoms with van der Waals surface area (Å²) >= 11 is 0. The fourth-order valence-corrected chi connectivity index (χ4v) is 1.99. The van der Waals surface area contributed by atoms with Gasteiger partial charge in [-0.3, -0.25) is 9.67 Å². The van der Waals surface area contributed by atoms with E-state index in [0.717, 1.165) is 25.6 Å². The van der Waals surface area contributed by atoms with Crippen LogP contribution in [-0.4, -0.2) is 50.8 Å². The first kappa shape index (κ1) is 14.1. The Morgan fingerprint density at radius 1 is 1.50 bits per heavy atom. The quantitative estimate of drug-likeness (QED) is 0.631. The van der Waals surface area contributed by atoms with Gasteiger partial charge in [-0.1, -0.05) is 0 Å². The van der Waals surface area contributed by atoms with Crippen LogP contribution in [0.5, 0.6) is 0 Å². The summed E-state index contributed by atoms with van der Waals surface area (Å²) in [6, 6.07) is 4.16. The maximum atomic E-state index is 4.29. The Hall–Kier alpha value is -2.31. The lowest BCUT2D eigenvalue weighted by Gasteiger charge is -2.22. The third-order valence-electron chi connectivity index (χ3n) is 3.11. The molecule has 2 rings (SSSR count). The molecule has 2 heterocycles. The van der Waals surface area contributed by atoms with Gasteiger partial charge in [0.1, 0.15) is 12.7 Å². The Bertz CT molecular complexity index is 541. The first-order valence-electron chi connectivity index (χ1n) is 6.55. The van der Waals surface area contributed by atoms with Crippen LogP contribution in [0.4, 0.5) is 0 Å². The average molecular weight is 275 g/mol. The minimum absolute atomic E-state index is 0.757. The van der Waals surface area contributed by atoms with Gasteiger partial charge in [0.05, 0.1) is 13.1 Å². The molecular formula is C13H21N7. The molecule has 0 fully saturated rings. The highest BCUT2D eigenvalue weighted by Gasteiger charge is 2.07. The van der Waals surface area contributed by atoms with Gasteiger partial charge in [-0.25, -0.2) is 4.98 Å². The third kappa shape index (κ3) is 3.59. The highest BCUT2D eigenvalue weighted by molar-refractivity contribution is 5.79. The third-order valence-corrected chi connectivity index (χ3v) is 3.11. The van der Waals surface area contributed by atoms with Gasteiger partial charge < -0.3 is 14.8 Å². The molecule has 2 aromatic heterocycles. The van der Waals surface area contributed by atoms with Crippen molar-refractivity contribution in [3.05, 3.63) is 36.7 Å². The Morgan fingerprint density at radius 3 is 2.95 bits per heavy atom. The van der Waals surface area contributed by atoms with Gasteiger partial charge in [0.15, 0.2) is 5.96 Å². The number of aryl methyl sites for hydroxylation is 1. The van der Waals surface area contributed by atoms with Gasteiger partial charge in [0, 0.05) is 39.6 Å². The number of hydrogen-bond donors (Lipinski definition) is 1. The minimum Gasteiger partial charge on any atom is -0.354 e. The Labute approximate surface area is 118 Å². The van der Waals surface area contributed by atoms with Crippen LogP contribution in [0.25, 0.3) is 0 Å². The lowest BCUT2D eigenvalue weighted by molar-refractivity contribution is 0.457. The number of nitrogens with one attached hydrogen (secondary N) is 1. The van der Waals surface area contributed by atoms with Crippen molar-refractivity contribution in [2.45, 2.75) is 13.1 Å². The van der Waals surface area contributed by atoms with E-state index in [1.807, 2.05) is 26.4 Å². The molecule has 0 aliphatic carbocycles. The zero-order valence-electron chi connectivity index (χ0n) is 12.2. The molecule has 2 aromatic rings. The summed E-state index contributed by atoms with van der Waals surface area (Å²) < 4.78 is 3.90. The van der Waals surface area contributed by atoms with E-state index in [1.54, 1.807) is 18.1 Å². The second kappa shape index (κ2) is 6.74. The molecule has 0 amide bonds. The second-order valence-corrected chi connectivity index (χ2v) is 4.60. The zero-order chi connectivity index (χ0) is 14.4. The molecule has 108 valence electrons. The van der Waals surface area contributed by atoms with E-state index >= 15 is 0 Å². The highest BCUT2D eigenvalue weighted by Crippen LogP contribution is 2.03. The predicted octanol–water partition coefficient (Wildman–Crippen LogP) is 0.324. The molecule has 0 saturated heterocycles. The number of rotatable bonds is 5. The molecule has 0 bridgehead atoms. The van der Waals surface area contributed by atoms with Crippen molar-refractivity contribution in [3.8, 4) is 0 Å². The molecule has 0 spiro atoms. The van der Waals surface area contributed by atoms with Gasteiger partial charge >= 0.3 is 0 Å². The molecule has 0 aliphatic heterocycles. The lowest BCUT2D eigenvalue weighted by Crippen LogP contribution is -2.40. The molecule has 0 unspecified atom stereocenters. The summed E-state index contributed by atoms with van der Waals surface area (Å²) in [5, 5.41) is 7.38. The second-order valence-electron chi connectivity index (χ2n) is 4.60. The van der Waals surface area contributed by atoms with Crippen molar-refractivity contribution in [2.24, 2.45) is 12.0 Å². The van der Waals surface area contributed by atoms with Crippen LogP contribution >= 0.6 is 0 Å². The van der Waals surface area contributed by atoms with E-state index in [-0.39, 0.29) is 0 Å². The first-order chi connectivity index (χ1) is 9.70. The summed E-state index contributed by atoms with van der Waals surface area (Å²) in [7, 11) is 5.86. The molecule has 0 saturated carbocycles. The van der Waals surface area contributed by atoms with Gasteiger partial charge in [-0.05, 0) is 12.1 Å². The van der Waals surface area contributed by atoms with E-state index in [0.29, 0.717) is 0 Å². The Morgan fingerprint density at radius 2 is 2.35 bits per heavy atom. The van der Waals surface area contributed by atoms with Crippen molar-refractivity contribution in [3.63, 3.8) is 0 Å². The lowest BCUT2D eigenvalue weighted by atomic mass is 10.4. The van der Waals surface area contributed by atoms with Crippen LogP contribution < -0.4 is 5.32 Å². The summed E-state index contributed by atoms with van der Waals surface area (Å²) in [5.74, 6) is 0.867. The maximum Gasteiger partial charge on any atom is 0.193 e. The van der Waals surface area contributed by atoms with Crippen molar-refractivity contribution in [1.29, 1.82) is 0 Å². The summed E-state index contributed by atoms with van der Waals surface area (Å²) in [6.07, 6.45) is 5.29. The largest absolute Gasteiger partial charge is 0.354 e. The van der Waals surface area contributed by atoms with Crippen LogP contribution in [0.15, 0.2) is 36.0 Å². The topological polar surface area (TPSA) is 63.3 Å². The van der Waals surface area contributed by atoms with Gasteiger partial charge in [-0.15, -0.1) is 0 Å². The van der Waals surface area contributed by atoms with E-state index in [4.69, 9.17) is 0 Å². The van der Waals surface area contributed by atoms with Crippen molar-refractivity contribution < 1.29 is 0 Å². The number of aliphatic imine (C=N–C) groups is 1. The number of hydrogen-bond acceptors (Lipinski definition) is 3. The minimum atomic E-state index is 0.757. The van der Waals surface area contributed by atoms with Gasteiger partial charge in [0.25, 0.3) is 0 Å². The van der Waals surface area contributed by atoms with Crippen LogP contribution in [0.3, 0.4) is 0 Å². The molecule has 1 N–H and O–H groups in total. The van der Waals surface area contributed by atoms with Crippen LogP contribution in [-0.2, 0) is 20.1 Å². The SMILES string of the molecule is CN=C(NCCn1cncn1)N(C)Cc1cccn1C. The van der Waals surface area contributed by atoms with Crippen molar-refractivity contribution in [1.82, 2.24) is 29.5 Å². The molecular weight excluding hydrogens is 254 g/mol. The fraction of sp³-hybridized carbons (Fsp3) is 0.462. The summed E-state index contributed by atoms with van der Waals surface area (Å²) in [5.41, 5.74) is 1.24. The van der Waals surface area contributed by atoms with E-state index in [1.165, 1.54) is 12.0 Å². The monoisotopic (exact) mass is 275 g/mol. The molecule has 7 heteroatoms. The molecule has 7 nitrogen and oxygen atoms in total. The predicted molar refractivity (Wildman–Crippen MR) is 78.3 cm³/mol. The normalized spacial score (nSPS) is 11.7. The van der Waals surface area contributed by atoms with E-state index < -0.39 is 0 Å². The summed E-state index contributed by atoms with van der Waals surface area (Å²) in [4.78, 5) is 10.3. The maximum absolute atomic E-state index is 4.29. The average Bonchev–Trinajstić information content (AvgIpc) is 3.07. The number of aromatic nitrogens is 4. The Balaban J connectivity index is 1.83. The van der Waals surface area contributed by atoms with Gasteiger partial charge in [0.2, 0.25) is 0 Å². The van der Waals surface area contributed by atoms with E-state index in [2.05, 4.69) is 35.9 Å². The highest BCUT2D eigenvalue weighted by atomic mass is 15.3. The van der Waals surface area contributed by atoms with Crippen molar-refractivity contribution >= 4 is 5.96 Å². The van der Waals surface area contributed by atoms with Crippen molar-refractivity contribution in [2.75, 3.05) is 20.6 Å². The summed E-state index contributed by atoms with van der Waals surface area (Å²) in [6.45, 7) is 2.33. The fourth-order valence-electron chi connectivity index (χ4n) is 1.99. The molecule has 0 aromatic carbocycles. The zero-order valence-corrected chi connectivity index (χ0v) is 12.2. The van der Waals surface area contributed by atoms with E-state index in [9.17, 15) is 0 Å². The van der Waals surface area contributed by atoms with Crippen LogP contribution in [0.1, 0.15) is 5.69 Å². The first-order valence-corrected chi connectivity index (χ1v) is 6.55. The smallest absolute Gasteiger partial charge is 0.193 e. The Kier molecular flexibility index (Phi) is 4.75. The molecule has 20 heavy (non-hydrogen) atoms. The van der Waals surface area contributed by atoms with Crippen LogP contribution in [0.2, 0.25) is 0 Å². The molecule has 0 aliphatic rings.